The molecule has 2 aromatic heterocycles. The molecule has 0 saturated heterocycles. The van der Waals surface area contributed by atoms with Crippen LogP contribution in [0.1, 0.15) is 26.3 Å². The first-order valence-corrected chi connectivity index (χ1v) is 7.41. The molecule has 0 unspecified atom stereocenters. The molecule has 0 aliphatic rings. The third-order valence-corrected chi connectivity index (χ3v) is 3.66. The SMILES string of the molecule is CNc1ncnc2c1c(-c1ccc(C)cc1)nn2C(C)(C)C. The van der Waals surface area contributed by atoms with Gasteiger partial charge in [-0.05, 0) is 27.7 Å². The van der Waals surface area contributed by atoms with Crippen molar-refractivity contribution >= 4 is 16.9 Å². The summed E-state index contributed by atoms with van der Waals surface area (Å²) in [6.07, 6.45) is 1.58. The van der Waals surface area contributed by atoms with E-state index < -0.39 is 0 Å². The van der Waals surface area contributed by atoms with Gasteiger partial charge in [-0.2, -0.15) is 5.10 Å². The van der Waals surface area contributed by atoms with E-state index in [0.717, 1.165) is 28.1 Å². The molecule has 22 heavy (non-hydrogen) atoms. The number of aryl methyl sites for hydroxylation is 1. The van der Waals surface area contributed by atoms with Crippen molar-refractivity contribution in [2.45, 2.75) is 33.2 Å². The third kappa shape index (κ3) is 2.32. The van der Waals surface area contributed by atoms with Crippen molar-refractivity contribution in [1.29, 1.82) is 0 Å². The van der Waals surface area contributed by atoms with E-state index in [-0.39, 0.29) is 5.54 Å². The van der Waals surface area contributed by atoms with E-state index in [9.17, 15) is 0 Å². The quantitative estimate of drug-likeness (QED) is 0.785. The molecule has 3 aromatic rings. The first-order chi connectivity index (χ1) is 10.4. The van der Waals surface area contributed by atoms with Crippen LogP contribution in [0.15, 0.2) is 30.6 Å². The van der Waals surface area contributed by atoms with Gasteiger partial charge in [-0.25, -0.2) is 14.6 Å². The van der Waals surface area contributed by atoms with Gasteiger partial charge in [0, 0.05) is 12.6 Å². The summed E-state index contributed by atoms with van der Waals surface area (Å²) < 4.78 is 1.97. The first kappa shape index (κ1) is 14.5. The lowest BCUT2D eigenvalue weighted by atomic mass is 10.1. The van der Waals surface area contributed by atoms with Gasteiger partial charge < -0.3 is 5.32 Å². The highest BCUT2D eigenvalue weighted by Crippen LogP contribution is 2.33. The van der Waals surface area contributed by atoms with Crippen LogP contribution in [-0.4, -0.2) is 26.8 Å². The average Bonchev–Trinajstić information content (AvgIpc) is 2.88. The van der Waals surface area contributed by atoms with E-state index in [4.69, 9.17) is 5.10 Å². The van der Waals surface area contributed by atoms with Gasteiger partial charge in [0.2, 0.25) is 0 Å². The van der Waals surface area contributed by atoms with E-state index in [2.05, 4.69) is 67.2 Å². The molecule has 5 nitrogen and oxygen atoms in total. The molecular weight excluding hydrogens is 274 g/mol. The van der Waals surface area contributed by atoms with Gasteiger partial charge in [0.05, 0.1) is 10.9 Å². The van der Waals surface area contributed by atoms with E-state index in [1.54, 1.807) is 6.33 Å². The van der Waals surface area contributed by atoms with Gasteiger partial charge in [0.15, 0.2) is 5.65 Å². The third-order valence-electron chi connectivity index (χ3n) is 3.66. The number of benzene rings is 1. The standard InChI is InChI=1S/C17H21N5/c1-11-6-8-12(9-7-11)14-13-15(18-5)19-10-20-16(13)22(21-14)17(2,3)4/h6-10H,1-5H3,(H,18,19,20). The minimum absolute atomic E-state index is 0.152. The van der Waals surface area contributed by atoms with Crippen molar-refractivity contribution in [3.8, 4) is 11.3 Å². The second kappa shape index (κ2) is 5.09. The zero-order valence-corrected chi connectivity index (χ0v) is 13.7. The highest BCUT2D eigenvalue weighted by molar-refractivity contribution is 5.99. The van der Waals surface area contributed by atoms with Crippen LogP contribution >= 0.6 is 0 Å². The van der Waals surface area contributed by atoms with Gasteiger partial charge in [-0.1, -0.05) is 29.8 Å². The summed E-state index contributed by atoms with van der Waals surface area (Å²) in [6.45, 7) is 8.45. The molecule has 0 spiro atoms. The van der Waals surface area contributed by atoms with Gasteiger partial charge in [0.1, 0.15) is 17.8 Å². The largest absolute Gasteiger partial charge is 0.372 e. The molecule has 0 amide bonds. The normalized spacial score (nSPS) is 11.9. The molecule has 1 N–H and O–H groups in total. The van der Waals surface area contributed by atoms with Crippen molar-refractivity contribution in [1.82, 2.24) is 19.7 Å². The molecule has 0 aliphatic carbocycles. The average molecular weight is 295 g/mol. The number of fused-ring (bicyclic) bond motifs is 1. The van der Waals surface area contributed by atoms with Crippen LogP contribution < -0.4 is 5.32 Å². The van der Waals surface area contributed by atoms with Crippen molar-refractivity contribution in [3.63, 3.8) is 0 Å². The fraction of sp³-hybridized carbons (Fsp3) is 0.353. The fourth-order valence-electron chi connectivity index (χ4n) is 2.52. The molecule has 0 radical (unpaired) electrons. The summed E-state index contributed by atoms with van der Waals surface area (Å²) >= 11 is 0. The van der Waals surface area contributed by atoms with Crippen LogP contribution in [0.3, 0.4) is 0 Å². The maximum absolute atomic E-state index is 4.84. The lowest BCUT2D eigenvalue weighted by molar-refractivity contribution is 0.367. The summed E-state index contributed by atoms with van der Waals surface area (Å²) in [5.41, 5.74) is 3.91. The minimum atomic E-state index is -0.152. The van der Waals surface area contributed by atoms with Crippen LogP contribution in [0.4, 0.5) is 5.82 Å². The Kier molecular flexibility index (Phi) is 3.35. The van der Waals surface area contributed by atoms with Crippen molar-refractivity contribution in [2.24, 2.45) is 0 Å². The molecule has 0 bridgehead atoms. The number of aromatic nitrogens is 4. The van der Waals surface area contributed by atoms with Crippen molar-refractivity contribution in [2.75, 3.05) is 12.4 Å². The highest BCUT2D eigenvalue weighted by atomic mass is 15.3. The van der Waals surface area contributed by atoms with Crippen molar-refractivity contribution in [3.05, 3.63) is 36.2 Å². The summed E-state index contributed by atoms with van der Waals surface area (Å²) in [6, 6.07) is 8.38. The van der Waals surface area contributed by atoms with E-state index >= 15 is 0 Å². The van der Waals surface area contributed by atoms with E-state index in [1.807, 2.05) is 11.7 Å². The number of nitrogens with one attached hydrogen (secondary N) is 1. The van der Waals surface area contributed by atoms with E-state index in [1.165, 1.54) is 5.56 Å². The lowest BCUT2D eigenvalue weighted by Crippen LogP contribution is -2.23. The van der Waals surface area contributed by atoms with Gasteiger partial charge >= 0.3 is 0 Å². The number of nitrogens with zero attached hydrogens (tertiary/aromatic N) is 4. The maximum Gasteiger partial charge on any atom is 0.164 e. The van der Waals surface area contributed by atoms with Gasteiger partial charge in [-0.15, -0.1) is 0 Å². The Morgan fingerprint density at radius 2 is 1.73 bits per heavy atom. The zero-order valence-electron chi connectivity index (χ0n) is 13.7. The Morgan fingerprint density at radius 3 is 2.32 bits per heavy atom. The number of anilines is 1. The summed E-state index contributed by atoms with van der Waals surface area (Å²) in [5, 5.41) is 8.96. The molecule has 2 heterocycles. The molecule has 0 atom stereocenters. The molecular formula is C17H21N5. The fourth-order valence-corrected chi connectivity index (χ4v) is 2.52. The maximum atomic E-state index is 4.84. The first-order valence-electron chi connectivity index (χ1n) is 7.41. The second-order valence-corrected chi connectivity index (χ2v) is 6.47. The molecule has 3 rings (SSSR count). The van der Waals surface area contributed by atoms with Crippen LogP contribution in [0.5, 0.6) is 0 Å². The Labute approximate surface area is 130 Å². The van der Waals surface area contributed by atoms with E-state index in [0.29, 0.717) is 0 Å². The number of hydrogen-bond donors (Lipinski definition) is 1. The molecule has 1 aromatic carbocycles. The molecule has 0 saturated carbocycles. The molecule has 114 valence electrons. The Morgan fingerprint density at radius 1 is 1.05 bits per heavy atom. The smallest absolute Gasteiger partial charge is 0.164 e. The van der Waals surface area contributed by atoms with Crippen LogP contribution in [0.25, 0.3) is 22.3 Å². The number of hydrogen-bond acceptors (Lipinski definition) is 4. The summed E-state index contributed by atoms with van der Waals surface area (Å²) in [4.78, 5) is 8.82. The van der Waals surface area contributed by atoms with Crippen LogP contribution in [0, 0.1) is 6.92 Å². The molecule has 5 heteroatoms. The highest BCUT2D eigenvalue weighted by Gasteiger charge is 2.24. The van der Waals surface area contributed by atoms with Crippen molar-refractivity contribution < 1.29 is 0 Å². The zero-order chi connectivity index (χ0) is 15.9. The summed E-state index contributed by atoms with van der Waals surface area (Å²) in [7, 11) is 1.87. The lowest BCUT2D eigenvalue weighted by Gasteiger charge is -2.19. The minimum Gasteiger partial charge on any atom is -0.372 e. The van der Waals surface area contributed by atoms with Gasteiger partial charge in [-0.3, -0.25) is 0 Å². The Bertz CT molecular complexity index is 809. The predicted octanol–water partition coefficient (Wildman–Crippen LogP) is 3.60. The monoisotopic (exact) mass is 295 g/mol. The number of rotatable bonds is 2. The Balaban J connectivity index is 2.36. The Hall–Kier alpha value is -2.43. The topological polar surface area (TPSA) is 55.6 Å². The van der Waals surface area contributed by atoms with Crippen LogP contribution in [-0.2, 0) is 5.54 Å². The summed E-state index contributed by atoms with van der Waals surface area (Å²) in [5.74, 6) is 0.802. The second-order valence-electron chi connectivity index (χ2n) is 6.47. The molecule has 0 fully saturated rings. The predicted molar refractivity (Wildman–Crippen MR) is 90.0 cm³/mol. The van der Waals surface area contributed by atoms with Gasteiger partial charge in [0.25, 0.3) is 0 Å². The van der Waals surface area contributed by atoms with Crippen LogP contribution in [0.2, 0.25) is 0 Å². The molecule has 0 aliphatic heterocycles.